The molecule has 3 amide bonds. The molecule has 0 aliphatic heterocycles. The Kier molecular flexibility index (Phi) is 22.0. The van der Waals surface area contributed by atoms with E-state index in [4.69, 9.17) is 23.7 Å². The summed E-state index contributed by atoms with van der Waals surface area (Å²) >= 11 is 0. The summed E-state index contributed by atoms with van der Waals surface area (Å²) in [5.41, 5.74) is 1.74. The number of amides is 3. The van der Waals surface area contributed by atoms with Crippen LogP contribution in [0.5, 0.6) is 0 Å². The lowest BCUT2D eigenvalue weighted by Gasteiger charge is -2.25. The van der Waals surface area contributed by atoms with Gasteiger partial charge >= 0.3 is 12.1 Å². The number of carbonyl (C=O) groups is 4. The Morgan fingerprint density at radius 2 is 1.32 bits per heavy atom. The van der Waals surface area contributed by atoms with E-state index in [0.29, 0.717) is 88.3 Å². The van der Waals surface area contributed by atoms with Crippen molar-refractivity contribution in [3.05, 3.63) is 107 Å². The van der Waals surface area contributed by atoms with Gasteiger partial charge in [-0.15, -0.1) is 0 Å². The minimum atomic E-state index is -4.57. The van der Waals surface area contributed by atoms with Crippen LogP contribution in [-0.4, -0.2) is 151 Å². The molecule has 1 N–H and O–H groups in total. The molecule has 0 spiro atoms. The molecule has 0 aliphatic rings. The number of benzene rings is 3. The lowest BCUT2D eigenvalue weighted by atomic mass is 10.0. The normalized spacial score (nSPS) is 11.7. The summed E-state index contributed by atoms with van der Waals surface area (Å²) in [5, 5.41) is 2.98. The highest BCUT2D eigenvalue weighted by Crippen LogP contribution is 2.34. The van der Waals surface area contributed by atoms with Crippen molar-refractivity contribution in [1.82, 2.24) is 14.8 Å². The fourth-order valence-electron chi connectivity index (χ4n) is 6.96. The van der Waals surface area contributed by atoms with Gasteiger partial charge in [-0.1, -0.05) is 12.1 Å². The molecule has 1 heterocycles. The molecule has 3 aromatic carbocycles. The maximum atomic E-state index is 13.9. The van der Waals surface area contributed by atoms with Crippen molar-refractivity contribution in [3.8, 4) is 11.3 Å². The molecular formula is C51H67F3N6O9. The Bertz CT molecular complexity index is 2270. The molecule has 4 aromatic rings. The van der Waals surface area contributed by atoms with Crippen molar-refractivity contribution in [2.24, 2.45) is 0 Å². The van der Waals surface area contributed by atoms with E-state index < -0.39 is 29.2 Å². The molecule has 0 atom stereocenters. The predicted octanol–water partition coefficient (Wildman–Crippen LogP) is 7.94. The van der Waals surface area contributed by atoms with Crippen LogP contribution in [0.1, 0.15) is 77.7 Å². The van der Waals surface area contributed by atoms with Crippen LogP contribution in [0.2, 0.25) is 0 Å². The number of aromatic nitrogens is 1. The Hall–Kier alpha value is -5.92. The van der Waals surface area contributed by atoms with E-state index in [9.17, 15) is 32.3 Å². The molecular weight excluding hydrogens is 898 g/mol. The van der Waals surface area contributed by atoms with Gasteiger partial charge in [-0.05, 0) is 101 Å². The zero-order valence-electron chi connectivity index (χ0n) is 41.0. The van der Waals surface area contributed by atoms with Crippen molar-refractivity contribution in [3.63, 3.8) is 0 Å². The van der Waals surface area contributed by atoms with Crippen LogP contribution < -0.4 is 15.1 Å². The summed E-state index contributed by atoms with van der Waals surface area (Å²) in [6, 6.07) is 19.7. The number of esters is 1. The van der Waals surface area contributed by atoms with Gasteiger partial charge in [0.15, 0.2) is 0 Å². The van der Waals surface area contributed by atoms with Crippen LogP contribution in [0.4, 0.5) is 30.2 Å². The first-order valence-corrected chi connectivity index (χ1v) is 23.0. The number of hydrogen-bond donors (Lipinski definition) is 1. The van der Waals surface area contributed by atoms with Crippen LogP contribution in [0.15, 0.2) is 85.1 Å². The van der Waals surface area contributed by atoms with Gasteiger partial charge in [0.05, 0.1) is 75.2 Å². The van der Waals surface area contributed by atoms with Crippen molar-refractivity contribution >= 4 is 40.8 Å². The summed E-state index contributed by atoms with van der Waals surface area (Å²) < 4.78 is 67.5. The Morgan fingerprint density at radius 3 is 1.96 bits per heavy atom. The second-order valence-electron chi connectivity index (χ2n) is 17.0. The molecule has 15 nitrogen and oxygen atoms in total. The van der Waals surface area contributed by atoms with Crippen LogP contribution in [0.25, 0.3) is 11.3 Å². The number of likely N-dealkylation sites (N-methyl/N-ethyl adjacent to an activating group) is 1. The number of anilines is 3. The third-order valence-electron chi connectivity index (χ3n) is 10.8. The number of alkyl halides is 3. The van der Waals surface area contributed by atoms with E-state index in [-0.39, 0.29) is 41.7 Å². The number of rotatable bonds is 27. The van der Waals surface area contributed by atoms with Gasteiger partial charge in [0.25, 0.3) is 17.7 Å². The highest BCUT2D eigenvalue weighted by molar-refractivity contribution is 6.08. The summed E-state index contributed by atoms with van der Waals surface area (Å²) in [6.45, 7) is 15.8. The van der Waals surface area contributed by atoms with Gasteiger partial charge in [-0.25, -0.2) is 0 Å². The van der Waals surface area contributed by atoms with Crippen molar-refractivity contribution < 1.29 is 56.0 Å². The Labute approximate surface area is 403 Å². The lowest BCUT2D eigenvalue weighted by molar-refractivity contribution is -0.156. The number of nitrogens with one attached hydrogen (secondary N) is 1. The molecule has 18 heteroatoms. The van der Waals surface area contributed by atoms with Gasteiger partial charge in [0, 0.05) is 94.7 Å². The minimum absolute atomic E-state index is 0.0734. The summed E-state index contributed by atoms with van der Waals surface area (Å²) in [7, 11) is 4.73. The second kappa shape index (κ2) is 27.3. The topological polar surface area (TPSA) is 152 Å². The molecule has 0 fully saturated rings. The summed E-state index contributed by atoms with van der Waals surface area (Å²) in [6.07, 6.45) is -3.03. The second-order valence-corrected chi connectivity index (χ2v) is 17.0. The third kappa shape index (κ3) is 18.2. The standard InChI is InChI=1S/C51H67F3N6O9/c1-9-60(10-2)42-18-20-45(43(35-42)44-19-17-39(36-55-44)49(64)58(7)41-16-12-15-40(34-41)51(52,53)54)56-47(62)37-13-11-14-38(33-37)48(63)57(6)22-23-59(24-27-65-8)25-28-67-30-32-68-31-29-66-26-21-46(61)69-50(3,4)5/h11-20,33-36H,9-10,21-32H2,1-8H3,(H,56,62). The van der Waals surface area contributed by atoms with Crippen LogP contribution in [-0.2, 0) is 34.7 Å². The van der Waals surface area contributed by atoms with E-state index in [0.717, 1.165) is 35.8 Å². The van der Waals surface area contributed by atoms with Crippen LogP contribution >= 0.6 is 0 Å². The first kappa shape index (κ1) is 55.7. The van der Waals surface area contributed by atoms with E-state index >= 15 is 0 Å². The summed E-state index contributed by atoms with van der Waals surface area (Å²) in [5.74, 6) is -1.58. The molecule has 1 aromatic heterocycles. The van der Waals surface area contributed by atoms with Crippen LogP contribution in [0, 0.1) is 0 Å². The number of hydrogen-bond acceptors (Lipinski definition) is 12. The molecule has 376 valence electrons. The third-order valence-corrected chi connectivity index (χ3v) is 10.8. The van der Waals surface area contributed by atoms with Gasteiger partial charge in [0.1, 0.15) is 5.60 Å². The SMILES string of the molecule is CCN(CC)c1ccc(NC(=O)c2cccc(C(=O)N(C)CCN(CCOC)CCOCCOCCOCCC(=O)OC(C)(C)C)c2)c(-c2ccc(C(=O)N(C)c3cccc(C(F)(F)F)c3)cn2)c1. The molecule has 0 saturated heterocycles. The van der Waals surface area contributed by atoms with E-state index in [1.54, 1.807) is 55.5 Å². The number of nitrogens with zero attached hydrogens (tertiary/aromatic N) is 5. The first-order valence-electron chi connectivity index (χ1n) is 23.0. The smallest absolute Gasteiger partial charge is 0.416 e. The van der Waals surface area contributed by atoms with Gasteiger partial charge in [0.2, 0.25) is 0 Å². The number of ether oxygens (including phenoxy) is 5. The van der Waals surface area contributed by atoms with Gasteiger partial charge in [-0.2, -0.15) is 13.2 Å². The minimum Gasteiger partial charge on any atom is -0.460 e. The number of methoxy groups -OCH3 is 1. The highest BCUT2D eigenvalue weighted by atomic mass is 19.4. The fourth-order valence-corrected chi connectivity index (χ4v) is 6.96. The Balaban J connectivity index is 1.34. The van der Waals surface area contributed by atoms with Crippen LogP contribution in [0.3, 0.4) is 0 Å². The summed E-state index contributed by atoms with van der Waals surface area (Å²) in [4.78, 5) is 64.3. The van der Waals surface area contributed by atoms with E-state index in [1.165, 1.54) is 31.4 Å². The monoisotopic (exact) mass is 964 g/mol. The lowest BCUT2D eigenvalue weighted by Crippen LogP contribution is -2.39. The Morgan fingerprint density at radius 1 is 0.667 bits per heavy atom. The zero-order chi connectivity index (χ0) is 50.6. The van der Waals surface area contributed by atoms with Gasteiger partial charge < -0.3 is 43.7 Å². The van der Waals surface area contributed by atoms with Gasteiger partial charge in [-0.3, -0.25) is 29.1 Å². The highest BCUT2D eigenvalue weighted by Gasteiger charge is 2.31. The average molecular weight is 965 g/mol. The predicted molar refractivity (Wildman–Crippen MR) is 260 cm³/mol. The van der Waals surface area contributed by atoms with Crippen molar-refractivity contribution in [2.45, 2.75) is 52.8 Å². The maximum absolute atomic E-state index is 13.9. The number of carbonyl (C=O) groups excluding carboxylic acids is 4. The van der Waals surface area contributed by atoms with E-state index in [2.05, 4.69) is 20.1 Å². The number of halogens is 3. The molecule has 0 radical (unpaired) electrons. The van der Waals surface area contributed by atoms with E-state index in [1.807, 2.05) is 46.8 Å². The van der Waals surface area contributed by atoms with Crippen molar-refractivity contribution in [2.75, 3.05) is 122 Å². The molecule has 0 bridgehead atoms. The molecule has 69 heavy (non-hydrogen) atoms. The molecule has 0 unspecified atom stereocenters. The largest absolute Gasteiger partial charge is 0.460 e. The molecule has 0 aliphatic carbocycles. The first-order chi connectivity index (χ1) is 32.8. The molecule has 4 rings (SSSR count). The maximum Gasteiger partial charge on any atom is 0.416 e. The quantitative estimate of drug-likeness (QED) is 0.0456. The number of pyridine rings is 1. The van der Waals surface area contributed by atoms with Crippen molar-refractivity contribution in [1.29, 1.82) is 0 Å². The average Bonchev–Trinajstić information content (AvgIpc) is 3.33. The molecule has 0 saturated carbocycles. The zero-order valence-corrected chi connectivity index (χ0v) is 41.0. The fraction of sp³-hybridized carbons (Fsp3) is 0.471.